The number of phenols is 1. The molecular weight excluding hydrogens is 1030 g/mol. The summed E-state index contributed by atoms with van der Waals surface area (Å²) in [5.74, 6) is -6.72. The normalized spacial score (nSPS) is 17.4. The van der Waals surface area contributed by atoms with Crippen LogP contribution in [0.1, 0.15) is 122 Å². The summed E-state index contributed by atoms with van der Waals surface area (Å²) in [6, 6.07) is 26.0. The average Bonchev–Trinajstić information content (AvgIpc) is 4.36. The van der Waals surface area contributed by atoms with Crippen molar-refractivity contribution in [3.8, 4) is 17.2 Å². The molecule has 4 atom stereocenters. The maximum atomic E-state index is 14.7. The zero-order chi connectivity index (χ0) is 56.5. The molecule has 18 heteroatoms. The van der Waals surface area contributed by atoms with Crippen LogP contribution in [-0.2, 0) is 12.8 Å². The number of fused-ring (bicyclic) bond motifs is 2. The Kier molecular flexibility index (Phi) is 17.7. The molecule has 15 nitrogen and oxygen atoms in total. The molecule has 0 aromatic heterocycles. The molecule has 2 saturated heterocycles. The van der Waals surface area contributed by atoms with Crippen LogP contribution in [0.5, 0.6) is 17.2 Å². The Bertz CT molecular complexity index is 3200. The van der Waals surface area contributed by atoms with E-state index in [9.17, 15) is 47.0 Å². The number of ketones is 2. The largest absolute Gasteiger partial charge is 0.505 e. The summed E-state index contributed by atoms with van der Waals surface area (Å²) >= 11 is 0. The lowest BCUT2D eigenvalue weighted by Crippen LogP contribution is -2.51. The van der Waals surface area contributed by atoms with E-state index in [0.29, 0.717) is 55.7 Å². The fraction of sp³-hybridized carbons (Fsp3) is 0.258. The van der Waals surface area contributed by atoms with Crippen LogP contribution < -0.4 is 41.4 Å². The van der Waals surface area contributed by atoms with Gasteiger partial charge in [-0.15, -0.1) is 0 Å². The first-order valence-electron chi connectivity index (χ1n) is 26.5. The predicted molar refractivity (Wildman–Crippen MR) is 295 cm³/mol. The van der Waals surface area contributed by atoms with Crippen molar-refractivity contribution in [3.05, 3.63) is 206 Å². The number of nitrogens with one attached hydrogen (secondary N) is 6. The Morgan fingerprint density at radius 2 is 0.850 bits per heavy atom. The van der Waals surface area contributed by atoms with Gasteiger partial charge >= 0.3 is 0 Å². The highest BCUT2D eigenvalue weighted by molar-refractivity contribution is 6.12. The van der Waals surface area contributed by atoms with Crippen LogP contribution in [-0.4, -0.2) is 104 Å². The number of allylic oxidation sites excluding steroid dienone is 2. The van der Waals surface area contributed by atoms with E-state index >= 15 is 0 Å². The molecule has 2 aliphatic carbocycles. The van der Waals surface area contributed by atoms with E-state index in [2.05, 4.69) is 44.1 Å². The molecule has 0 unspecified atom stereocenters. The molecule has 2 aliphatic heterocycles. The standard InChI is InChI=1S/C31H29F2N3O4.C31H30FN3O5/c1-2-14-40-26-13-12-23(32)28(33)27(26)29(37)19-7-9-20(10-8-19)30(38)35-24-16-34-17-25(24)36-31(39)22-11-6-18-4-3-5-21(18)15-22;1-2-14-40-26-13-12-25(36)28(32)27(26)29(37)19-7-9-20(10-8-19)30(38)34-23-16-33-17-24(23)35-31(39)22-11-6-18-4-3-5-21(18)15-22/h3-4,6-13,15,24-25,34H,2,5,14,16-17H2,1H3,(H,35,38)(H,36,39);3-4,6-13,15,23-24,33,36H,2,5,14,16-17H2,1H3,(H,34,38)(H,35,39)/t24-,25-;23-,24-/m11/s1. The van der Waals surface area contributed by atoms with E-state index in [4.69, 9.17) is 9.47 Å². The third-order valence-electron chi connectivity index (χ3n) is 14.1. The number of phenolic OH excluding ortho intramolecular Hbond substituents is 1. The molecule has 2 heterocycles. The average molecular weight is 1090 g/mol. The monoisotopic (exact) mass is 1090 g/mol. The van der Waals surface area contributed by atoms with Crippen molar-refractivity contribution in [1.82, 2.24) is 31.9 Å². The second-order valence-electron chi connectivity index (χ2n) is 19.7. The van der Waals surface area contributed by atoms with Gasteiger partial charge in [-0.1, -0.05) is 74.5 Å². The predicted octanol–water partition coefficient (Wildman–Crippen LogP) is 7.67. The number of aromatic hydroxyl groups is 1. The Hall–Kier alpha value is -8.87. The number of hydrogen-bond donors (Lipinski definition) is 7. The van der Waals surface area contributed by atoms with Gasteiger partial charge in [-0.05, 0) is 121 Å². The van der Waals surface area contributed by atoms with Crippen molar-refractivity contribution in [2.75, 3.05) is 39.4 Å². The summed E-state index contributed by atoms with van der Waals surface area (Å²) in [5, 5.41) is 28.1. The maximum absolute atomic E-state index is 14.7. The molecule has 7 N–H and O–H groups in total. The van der Waals surface area contributed by atoms with Crippen LogP contribution in [0.25, 0.3) is 12.2 Å². The van der Waals surface area contributed by atoms with Crippen molar-refractivity contribution in [2.45, 2.75) is 63.7 Å². The first kappa shape index (κ1) is 55.9. The molecule has 0 bridgehead atoms. The van der Waals surface area contributed by atoms with Crippen LogP contribution in [0.15, 0.2) is 121 Å². The van der Waals surface area contributed by atoms with E-state index in [-0.39, 0.29) is 94.8 Å². The van der Waals surface area contributed by atoms with E-state index in [1.165, 1.54) is 60.7 Å². The quantitative estimate of drug-likeness (QED) is 0.0415. The number of amides is 4. The third kappa shape index (κ3) is 12.7. The molecule has 2 fully saturated rings. The zero-order valence-electron chi connectivity index (χ0n) is 43.9. The van der Waals surface area contributed by atoms with Gasteiger partial charge in [0.15, 0.2) is 34.8 Å². The molecule has 6 aromatic carbocycles. The van der Waals surface area contributed by atoms with E-state index < -0.39 is 40.3 Å². The van der Waals surface area contributed by atoms with Crippen molar-refractivity contribution in [3.63, 3.8) is 0 Å². The number of rotatable bonds is 18. The van der Waals surface area contributed by atoms with Crippen LogP contribution in [0, 0.1) is 17.5 Å². The zero-order valence-corrected chi connectivity index (χ0v) is 43.9. The van der Waals surface area contributed by atoms with Gasteiger partial charge in [-0.3, -0.25) is 28.8 Å². The number of ether oxygens (including phenoxy) is 2. The summed E-state index contributed by atoms with van der Waals surface area (Å²) in [6.45, 7) is 6.23. The number of halogens is 3. The molecule has 0 spiro atoms. The highest BCUT2D eigenvalue weighted by Crippen LogP contribution is 2.32. The van der Waals surface area contributed by atoms with Gasteiger partial charge in [0, 0.05) is 59.6 Å². The number of carbonyl (C=O) groups is 6. The van der Waals surface area contributed by atoms with Crippen molar-refractivity contribution in [1.29, 1.82) is 0 Å². The van der Waals surface area contributed by atoms with Crippen molar-refractivity contribution < 1.29 is 56.5 Å². The van der Waals surface area contributed by atoms with E-state index in [1.807, 2.05) is 50.3 Å². The fourth-order valence-corrected chi connectivity index (χ4v) is 9.77. The lowest BCUT2D eigenvalue weighted by atomic mass is 10.00. The third-order valence-corrected chi connectivity index (χ3v) is 14.1. The molecule has 80 heavy (non-hydrogen) atoms. The fourth-order valence-electron chi connectivity index (χ4n) is 9.77. The van der Waals surface area contributed by atoms with Gasteiger partial charge in [0.1, 0.15) is 22.6 Å². The Morgan fingerprint density at radius 3 is 1.26 bits per heavy atom. The van der Waals surface area contributed by atoms with Crippen LogP contribution in [0.4, 0.5) is 13.2 Å². The van der Waals surface area contributed by atoms with Gasteiger partial charge < -0.3 is 46.5 Å². The number of carbonyl (C=O) groups excluding carboxylic acids is 6. The molecular formula is C62H59F3N6O9. The molecule has 4 aliphatic rings. The smallest absolute Gasteiger partial charge is 0.251 e. The topological polar surface area (TPSA) is 213 Å². The van der Waals surface area contributed by atoms with Gasteiger partial charge in [0.2, 0.25) is 0 Å². The summed E-state index contributed by atoms with van der Waals surface area (Å²) < 4.78 is 54.2. The van der Waals surface area contributed by atoms with Gasteiger partial charge in [-0.2, -0.15) is 0 Å². The molecule has 4 amide bonds. The second-order valence-corrected chi connectivity index (χ2v) is 19.7. The lowest BCUT2D eigenvalue weighted by molar-refractivity contribution is 0.0896. The second kappa shape index (κ2) is 25.3. The highest BCUT2D eigenvalue weighted by atomic mass is 19.2. The minimum atomic E-state index is -1.28. The molecule has 6 aromatic rings. The van der Waals surface area contributed by atoms with Crippen molar-refractivity contribution in [2.24, 2.45) is 0 Å². The van der Waals surface area contributed by atoms with Crippen LogP contribution in [0.2, 0.25) is 0 Å². The summed E-state index contributed by atoms with van der Waals surface area (Å²) in [6.07, 6.45) is 11.1. The molecule has 10 rings (SSSR count). The number of benzene rings is 6. The van der Waals surface area contributed by atoms with Gasteiger partial charge in [0.05, 0.1) is 37.4 Å². The summed E-state index contributed by atoms with van der Waals surface area (Å²) in [4.78, 5) is 77.9. The van der Waals surface area contributed by atoms with E-state index in [1.54, 1.807) is 12.1 Å². The summed E-state index contributed by atoms with van der Waals surface area (Å²) in [5.41, 5.74) is 5.55. The Labute approximate surface area is 460 Å². The SMILES string of the molecule is CCCOc1ccc(F)c(F)c1C(=O)c1ccc(C(=O)N[C@@H]2CNC[C@H]2NC(=O)c2ccc3c(c2)CC=C3)cc1.CCCOc1ccc(O)c(F)c1C(=O)c1ccc(C(=O)N[C@@H]2CNC[C@H]2NC(=O)c2ccc3c(c2)CC=C3)cc1. The van der Waals surface area contributed by atoms with Crippen molar-refractivity contribution >= 4 is 47.3 Å². The van der Waals surface area contributed by atoms with Gasteiger partial charge in [-0.25, -0.2) is 13.2 Å². The first-order valence-corrected chi connectivity index (χ1v) is 26.5. The molecule has 0 radical (unpaired) electrons. The van der Waals surface area contributed by atoms with E-state index in [0.717, 1.165) is 47.2 Å². The Balaban J connectivity index is 0.000000194. The minimum absolute atomic E-state index is 0.0362. The van der Waals surface area contributed by atoms with Gasteiger partial charge in [0.25, 0.3) is 23.6 Å². The van der Waals surface area contributed by atoms with Crippen LogP contribution in [0.3, 0.4) is 0 Å². The summed E-state index contributed by atoms with van der Waals surface area (Å²) in [7, 11) is 0. The highest BCUT2D eigenvalue weighted by Gasteiger charge is 2.33. The lowest BCUT2D eigenvalue weighted by Gasteiger charge is -2.21. The first-order chi connectivity index (χ1) is 38.7. The Morgan fingerprint density at radius 1 is 0.487 bits per heavy atom. The number of hydrogen-bond acceptors (Lipinski definition) is 11. The minimum Gasteiger partial charge on any atom is -0.505 e. The van der Waals surface area contributed by atoms with Crippen LogP contribution >= 0.6 is 0 Å². The molecule has 0 saturated carbocycles. The maximum Gasteiger partial charge on any atom is 0.251 e. The molecule has 412 valence electrons.